The molecule has 2 aromatic rings. The van der Waals surface area contributed by atoms with E-state index in [1.54, 1.807) is 11.3 Å². The third kappa shape index (κ3) is 5.08. The minimum Gasteiger partial charge on any atom is -0.356 e. The van der Waals surface area contributed by atoms with Crippen LogP contribution in [0.15, 0.2) is 27.1 Å². The third-order valence-electron chi connectivity index (χ3n) is 3.77. The van der Waals surface area contributed by atoms with E-state index in [0.29, 0.717) is 5.92 Å². The Morgan fingerprint density at radius 2 is 2.25 bits per heavy atom. The van der Waals surface area contributed by atoms with Crippen LogP contribution in [0, 0.1) is 0 Å². The lowest BCUT2D eigenvalue weighted by molar-refractivity contribution is 0.462. The highest BCUT2D eigenvalue weighted by molar-refractivity contribution is 9.10. The van der Waals surface area contributed by atoms with Gasteiger partial charge >= 0.3 is 0 Å². The molecule has 0 saturated carbocycles. The molecule has 0 amide bonds. The lowest BCUT2D eigenvalue weighted by Crippen LogP contribution is -2.39. The standard InChI is InChI=1S/C17H26BrN5S/c1-12(2)16-21-14(11-24-16)6-7-20-17(19-3)23(5)10-15-8-13(18)9-22(15)4/h8-9,11-12H,6-7,10H2,1-5H3,(H,19,20). The summed E-state index contributed by atoms with van der Waals surface area (Å²) in [5, 5.41) is 6.79. The Morgan fingerprint density at radius 1 is 1.50 bits per heavy atom. The van der Waals surface area contributed by atoms with Crippen molar-refractivity contribution in [2.24, 2.45) is 12.0 Å². The second-order valence-electron chi connectivity index (χ2n) is 6.17. The Bertz CT molecular complexity index is 689. The number of aliphatic imine (C=N–C) groups is 1. The van der Waals surface area contributed by atoms with Gasteiger partial charge in [-0.2, -0.15) is 0 Å². The number of aromatic nitrogens is 2. The molecule has 0 saturated heterocycles. The van der Waals surface area contributed by atoms with Crippen molar-refractivity contribution < 1.29 is 0 Å². The molecule has 5 nitrogen and oxygen atoms in total. The van der Waals surface area contributed by atoms with Gasteiger partial charge in [-0.05, 0) is 22.0 Å². The number of halogens is 1. The second kappa shape index (κ2) is 8.67. The SMILES string of the molecule is CN=C(NCCc1csc(C(C)C)n1)N(C)Cc1cc(Br)cn1C. The summed E-state index contributed by atoms with van der Waals surface area (Å²) in [6.45, 7) is 5.99. The summed E-state index contributed by atoms with van der Waals surface area (Å²) in [5.41, 5.74) is 2.38. The summed E-state index contributed by atoms with van der Waals surface area (Å²) >= 11 is 5.26. The highest BCUT2D eigenvalue weighted by atomic mass is 79.9. The predicted octanol–water partition coefficient (Wildman–Crippen LogP) is 3.62. The van der Waals surface area contributed by atoms with Crippen LogP contribution in [0.25, 0.3) is 0 Å². The van der Waals surface area contributed by atoms with Gasteiger partial charge in [-0.1, -0.05) is 13.8 Å². The minimum absolute atomic E-state index is 0.500. The first kappa shape index (κ1) is 19.0. The first-order chi connectivity index (χ1) is 11.4. The summed E-state index contributed by atoms with van der Waals surface area (Å²) in [6, 6.07) is 2.13. The summed E-state index contributed by atoms with van der Waals surface area (Å²) in [6.07, 6.45) is 2.97. The van der Waals surface area contributed by atoms with Crippen LogP contribution in [0.4, 0.5) is 0 Å². The number of nitrogens with zero attached hydrogens (tertiary/aromatic N) is 4. The van der Waals surface area contributed by atoms with Gasteiger partial charge in [0.15, 0.2) is 5.96 Å². The van der Waals surface area contributed by atoms with Crippen molar-refractivity contribution in [3.05, 3.63) is 38.5 Å². The van der Waals surface area contributed by atoms with Gasteiger partial charge in [0, 0.05) is 61.8 Å². The highest BCUT2D eigenvalue weighted by Crippen LogP contribution is 2.19. The average molecular weight is 412 g/mol. The molecule has 0 fully saturated rings. The molecular weight excluding hydrogens is 386 g/mol. The van der Waals surface area contributed by atoms with Gasteiger partial charge in [0.05, 0.1) is 17.2 Å². The molecule has 0 atom stereocenters. The molecule has 1 N–H and O–H groups in total. The van der Waals surface area contributed by atoms with Crippen LogP contribution >= 0.6 is 27.3 Å². The van der Waals surface area contributed by atoms with Gasteiger partial charge in [-0.15, -0.1) is 11.3 Å². The molecule has 0 aromatic carbocycles. The zero-order chi connectivity index (χ0) is 17.7. The van der Waals surface area contributed by atoms with Crippen LogP contribution in [-0.4, -0.2) is 41.1 Å². The molecule has 2 heterocycles. The fourth-order valence-corrected chi connectivity index (χ4v) is 3.87. The van der Waals surface area contributed by atoms with Gasteiger partial charge in [0.1, 0.15) is 0 Å². The fourth-order valence-electron chi connectivity index (χ4n) is 2.43. The predicted molar refractivity (Wildman–Crippen MR) is 106 cm³/mol. The molecule has 0 radical (unpaired) electrons. The summed E-state index contributed by atoms with van der Waals surface area (Å²) in [5.74, 6) is 1.40. The summed E-state index contributed by atoms with van der Waals surface area (Å²) in [4.78, 5) is 11.2. The van der Waals surface area contributed by atoms with Gasteiger partial charge in [0.2, 0.25) is 0 Å². The normalized spacial score (nSPS) is 12.0. The maximum absolute atomic E-state index is 4.68. The lowest BCUT2D eigenvalue weighted by atomic mass is 10.2. The summed E-state index contributed by atoms with van der Waals surface area (Å²) in [7, 11) is 5.92. The van der Waals surface area contributed by atoms with Crippen LogP contribution in [0.2, 0.25) is 0 Å². The van der Waals surface area contributed by atoms with Crippen molar-refractivity contribution in [3.8, 4) is 0 Å². The zero-order valence-electron chi connectivity index (χ0n) is 15.0. The van der Waals surface area contributed by atoms with Crippen molar-refractivity contribution in [3.63, 3.8) is 0 Å². The largest absolute Gasteiger partial charge is 0.356 e. The number of aryl methyl sites for hydroxylation is 1. The molecule has 2 rings (SSSR count). The van der Waals surface area contributed by atoms with Crippen LogP contribution in [0.5, 0.6) is 0 Å². The van der Waals surface area contributed by atoms with Gasteiger partial charge in [0.25, 0.3) is 0 Å². The van der Waals surface area contributed by atoms with Crippen LogP contribution in [0.1, 0.15) is 36.2 Å². The van der Waals surface area contributed by atoms with E-state index in [1.807, 2.05) is 7.05 Å². The van der Waals surface area contributed by atoms with Crippen molar-refractivity contribution in [1.82, 2.24) is 19.8 Å². The molecule has 2 aromatic heterocycles. The summed E-state index contributed by atoms with van der Waals surface area (Å²) < 4.78 is 3.22. The number of hydrogen-bond donors (Lipinski definition) is 1. The topological polar surface area (TPSA) is 45.5 Å². The molecule has 0 unspecified atom stereocenters. The Kier molecular flexibility index (Phi) is 6.86. The zero-order valence-corrected chi connectivity index (χ0v) is 17.4. The Balaban J connectivity index is 1.86. The molecular formula is C17H26BrN5S. The Labute approximate surface area is 156 Å². The maximum atomic E-state index is 4.68. The van der Waals surface area contributed by atoms with Gasteiger partial charge in [-0.3, -0.25) is 4.99 Å². The van der Waals surface area contributed by atoms with Crippen LogP contribution in [0.3, 0.4) is 0 Å². The van der Waals surface area contributed by atoms with E-state index in [9.17, 15) is 0 Å². The quantitative estimate of drug-likeness (QED) is 0.582. The molecule has 7 heteroatoms. The average Bonchev–Trinajstić information content (AvgIpc) is 3.10. The van der Waals surface area contributed by atoms with Crippen molar-refractivity contribution >= 4 is 33.2 Å². The third-order valence-corrected chi connectivity index (χ3v) is 5.40. The van der Waals surface area contributed by atoms with Crippen molar-refractivity contribution in [1.29, 1.82) is 0 Å². The smallest absolute Gasteiger partial charge is 0.193 e. The van der Waals surface area contributed by atoms with Crippen LogP contribution < -0.4 is 5.32 Å². The molecule has 24 heavy (non-hydrogen) atoms. The number of hydrogen-bond acceptors (Lipinski definition) is 3. The Morgan fingerprint density at radius 3 is 2.79 bits per heavy atom. The van der Waals surface area contributed by atoms with Crippen LogP contribution in [-0.2, 0) is 20.0 Å². The number of nitrogens with one attached hydrogen (secondary N) is 1. The van der Waals surface area contributed by atoms with E-state index in [2.05, 4.69) is 86.3 Å². The lowest BCUT2D eigenvalue weighted by Gasteiger charge is -2.22. The highest BCUT2D eigenvalue weighted by Gasteiger charge is 2.10. The number of rotatable bonds is 6. The van der Waals surface area contributed by atoms with Gasteiger partial charge in [-0.25, -0.2) is 4.98 Å². The van der Waals surface area contributed by atoms with E-state index in [4.69, 9.17) is 0 Å². The number of thiazole rings is 1. The van der Waals surface area contributed by atoms with Crippen molar-refractivity contribution in [2.75, 3.05) is 20.6 Å². The van der Waals surface area contributed by atoms with Crippen molar-refractivity contribution in [2.45, 2.75) is 32.7 Å². The maximum Gasteiger partial charge on any atom is 0.193 e. The first-order valence-corrected chi connectivity index (χ1v) is 9.74. The van der Waals surface area contributed by atoms with E-state index >= 15 is 0 Å². The second-order valence-corrected chi connectivity index (χ2v) is 7.98. The van der Waals surface area contributed by atoms with E-state index < -0.39 is 0 Å². The monoisotopic (exact) mass is 411 g/mol. The molecule has 0 spiro atoms. The van der Waals surface area contributed by atoms with E-state index in [-0.39, 0.29) is 0 Å². The molecule has 0 bridgehead atoms. The molecule has 0 aliphatic rings. The fraction of sp³-hybridized carbons (Fsp3) is 0.529. The first-order valence-electron chi connectivity index (χ1n) is 8.07. The molecule has 0 aliphatic heterocycles. The number of guanidine groups is 1. The van der Waals surface area contributed by atoms with Gasteiger partial charge < -0.3 is 14.8 Å². The molecule has 0 aliphatic carbocycles. The van der Waals surface area contributed by atoms with E-state index in [1.165, 1.54) is 10.7 Å². The molecule has 132 valence electrons. The minimum atomic E-state index is 0.500. The van der Waals surface area contributed by atoms with E-state index in [0.717, 1.165) is 35.6 Å². The Hall–Kier alpha value is -1.34.